The average Bonchev–Trinajstić information content (AvgIpc) is 3.64. The summed E-state index contributed by atoms with van der Waals surface area (Å²) in [6, 6.07) is 18.9. The van der Waals surface area contributed by atoms with Crippen LogP contribution in [0.1, 0.15) is 75.8 Å². The van der Waals surface area contributed by atoms with Crippen LogP contribution in [0.25, 0.3) is 10.9 Å². The van der Waals surface area contributed by atoms with Gasteiger partial charge in [-0.3, -0.25) is 14.5 Å². The Bertz CT molecular complexity index is 1960. The van der Waals surface area contributed by atoms with E-state index in [1.54, 1.807) is 24.3 Å². The predicted molar refractivity (Wildman–Crippen MR) is 211 cm³/mol. The Hall–Kier alpha value is -3.72. The minimum Gasteiger partial charge on any atom is -0.506 e. The van der Waals surface area contributed by atoms with Crippen molar-refractivity contribution >= 4 is 45.3 Å². The third kappa shape index (κ3) is 9.51. The maximum absolute atomic E-state index is 13.3. The summed E-state index contributed by atoms with van der Waals surface area (Å²) >= 11 is 0.820. The Morgan fingerprint density at radius 3 is 2.57 bits per heavy atom. The Kier molecular flexibility index (Phi) is 12.3. The van der Waals surface area contributed by atoms with Crippen LogP contribution in [-0.2, 0) is 37.8 Å². The van der Waals surface area contributed by atoms with Crippen LogP contribution < -0.4 is 10.9 Å². The Balaban J connectivity index is 1.02. The van der Waals surface area contributed by atoms with E-state index in [0.29, 0.717) is 41.5 Å². The molecule has 11 nitrogen and oxygen atoms in total. The van der Waals surface area contributed by atoms with Crippen molar-refractivity contribution < 1.29 is 28.4 Å². The normalized spacial score (nSPS) is 17.6. The number of nitrogens with one attached hydrogen (secondary N) is 2. The third-order valence-corrected chi connectivity index (χ3v) is 13.5. The highest BCUT2D eigenvalue weighted by molar-refractivity contribution is 7.93. The van der Waals surface area contributed by atoms with Crippen molar-refractivity contribution in [1.29, 1.82) is 0 Å². The molecule has 4 aromatic rings. The van der Waals surface area contributed by atoms with Gasteiger partial charge in [0.25, 0.3) is 5.91 Å². The smallest absolute Gasteiger partial charge is 0.348 e. The summed E-state index contributed by atoms with van der Waals surface area (Å²) in [5, 5.41) is 14.9. The number of amides is 1. The molecule has 2 aromatic heterocycles. The zero-order valence-electron chi connectivity index (χ0n) is 31.2. The molecule has 2 aliphatic heterocycles. The van der Waals surface area contributed by atoms with Crippen LogP contribution in [-0.4, -0.2) is 101 Å². The van der Waals surface area contributed by atoms with Crippen molar-refractivity contribution in [3.05, 3.63) is 97.5 Å². The molecule has 4 heterocycles. The average molecular weight is 764 g/mol. The number of hydrogen-bond donors (Lipinski definition) is 3. The molecular weight excluding hydrogens is 713 g/mol. The van der Waals surface area contributed by atoms with Gasteiger partial charge in [-0.15, -0.1) is 11.3 Å². The highest BCUT2D eigenvalue weighted by Gasteiger charge is 2.41. The van der Waals surface area contributed by atoms with Crippen molar-refractivity contribution in [2.24, 2.45) is 0 Å². The largest absolute Gasteiger partial charge is 0.506 e. The molecule has 2 aromatic carbocycles. The minimum atomic E-state index is -0.427. The van der Waals surface area contributed by atoms with Gasteiger partial charge in [-0.2, -0.15) is 4.18 Å². The SMILES string of the molecule is COC(=O)c1ccc(C(=O)N2CCOC3(CCN(Cc4cccc(CCNCC(O[S+](C)C(C)(C)C)c5ccc(O)c6[nH]c(=O)ccc56)c4)CC3)C2)s1. The van der Waals surface area contributed by atoms with E-state index in [-0.39, 0.29) is 44.8 Å². The lowest BCUT2D eigenvalue weighted by molar-refractivity contribution is -0.127. The molecule has 0 bridgehead atoms. The number of likely N-dealkylation sites (tertiary alicyclic amines) is 1. The van der Waals surface area contributed by atoms with Gasteiger partial charge in [-0.25, -0.2) is 4.79 Å². The zero-order valence-corrected chi connectivity index (χ0v) is 32.9. The topological polar surface area (TPSA) is 133 Å². The van der Waals surface area contributed by atoms with E-state index in [1.807, 2.05) is 11.0 Å². The highest BCUT2D eigenvalue weighted by Crippen LogP contribution is 2.34. The maximum Gasteiger partial charge on any atom is 0.348 e. The molecule has 2 fully saturated rings. The van der Waals surface area contributed by atoms with Gasteiger partial charge in [0.2, 0.25) is 5.56 Å². The molecule has 53 heavy (non-hydrogen) atoms. The van der Waals surface area contributed by atoms with E-state index in [2.05, 4.69) is 66.5 Å². The first-order valence-corrected chi connectivity index (χ1v) is 20.5. The number of fused-ring (bicyclic) bond motifs is 1. The number of phenolic OH excluding ortho intramolecular Hbond substituents is 1. The van der Waals surface area contributed by atoms with Gasteiger partial charge in [-0.05, 0) is 87.5 Å². The molecule has 1 spiro atoms. The summed E-state index contributed by atoms with van der Waals surface area (Å²) in [7, 11) is 1.34. The molecular formula is C40H51N4O7S2+. The van der Waals surface area contributed by atoms with Crippen LogP contribution in [0.5, 0.6) is 5.75 Å². The number of ether oxygens (including phenoxy) is 2. The minimum absolute atomic E-state index is 0.0384. The molecule has 284 valence electrons. The highest BCUT2D eigenvalue weighted by atomic mass is 32.2. The number of carbonyl (C=O) groups excluding carboxylic acids is 2. The summed E-state index contributed by atoms with van der Waals surface area (Å²) in [5.74, 6) is -0.448. The Labute approximate surface area is 318 Å². The zero-order chi connectivity index (χ0) is 37.8. The molecule has 13 heteroatoms. The summed E-state index contributed by atoms with van der Waals surface area (Å²) in [6.07, 6.45) is 4.39. The number of piperidine rings is 1. The lowest BCUT2D eigenvalue weighted by atomic mass is 9.89. The Morgan fingerprint density at radius 1 is 1.06 bits per heavy atom. The van der Waals surface area contributed by atoms with Crippen molar-refractivity contribution in [3.8, 4) is 5.75 Å². The number of H-pyrrole nitrogens is 1. The fourth-order valence-electron chi connectivity index (χ4n) is 6.92. The van der Waals surface area contributed by atoms with Crippen molar-refractivity contribution in [2.45, 2.75) is 63.0 Å². The molecule has 2 atom stereocenters. The summed E-state index contributed by atoms with van der Waals surface area (Å²) in [5.41, 5.74) is 3.26. The first kappa shape index (κ1) is 39.0. The van der Waals surface area contributed by atoms with Crippen LogP contribution in [0, 0.1) is 0 Å². The van der Waals surface area contributed by atoms with Crippen LogP contribution in [0.15, 0.2) is 65.5 Å². The van der Waals surface area contributed by atoms with Crippen molar-refractivity contribution in [3.63, 3.8) is 0 Å². The van der Waals surface area contributed by atoms with Gasteiger partial charge < -0.3 is 29.8 Å². The van der Waals surface area contributed by atoms with Gasteiger partial charge >= 0.3 is 5.97 Å². The number of aromatic hydroxyl groups is 1. The third-order valence-electron chi connectivity index (χ3n) is 10.2. The molecule has 0 saturated carbocycles. The molecule has 0 aliphatic carbocycles. The van der Waals surface area contributed by atoms with E-state index in [0.717, 1.165) is 56.4 Å². The number of phenols is 1. The van der Waals surface area contributed by atoms with Gasteiger partial charge in [0.05, 0.1) is 36.3 Å². The second-order valence-corrected chi connectivity index (χ2v) is 18.3. The van der Waals surface area contributed by atoms with Crippen molar-refractivity contribution in [2.75, 3.05) is 59.2 Å². The number of nitrogens with zero attached hydrogens (tertiary/aromatic N) is 2. The summed E-state index contributed by atoms with van der Waals surface area (Å²) < 4.78 is 17.8. The number of aromatic amines is 1. The summed E-state index contributed by atoms with van der Waals surface area (Å²) in [6.45, 7) is 12.1. The number of esters is 1. The van der Waals surface area contributed by atoms with Gasteiger partial charge in [0, 0.05) is 44.2 Å². The number of morpholine rings is 1. The van der Waals surface area contributed by atoms with Crippen LogP contribution in [0.2, 0.25) is 0 Å². The molecule has 2 aliphatic rings. The Morgan fingerprint density at radius 2 is 1.81 bits per heavy atom. The fraction of sp³-hybridized carbons (Fsp3) is 0.475. The number of hydrogen-bond acceptors (Lipinski definition) is 10. The first-order valence-electron chi connectivity index (χ1n) is 18.1. The van der Waals surface area contributed by atoms with Crippen LogP contribution >= 0.6 is 11.3 Å². The van der Waals surface area contributed by atoms with Crippen LogP contribution in [0.4, 0.5) is 0 Å². The monoisotopic (exact) mass is 763 g/mol. The number of carbonyl (C=O) groups is 2. The molecule has 1 amide bonds. The quantitative estimate of drug-likeness (QED) is 0.0981. The number of methoxy groups -OCH3 is 1. The number of aromatic nitrogens is 1. The van der Waals surface area contributed by atoms with E-state index in [9.17, 15) is 19.5 Å². The van der Waals surface area contributed by atoms with E-state index < -0.39 is 5.97 Å². The van der Waals surface area contributed by atoms with Gasteiger partial charge in [0.15, 0.2) is 10.9 Å². The lowest BCUT2D eigenvalue weighted by Gasteiger charge is -2.47. The number of pyridine rings is 1. The van der Waals surface area contributed by atoms with Gasteiger partial charge in [-0.1, -0.05) is 30.3 Å². The van der Waals surface area contributed by atoms with Crippen molar-refractivity contribution in [1.82, 2.24) is 20.1 Å². The van der Waals surface area contributed by atoms with E-state index in [4.69, 9.17) is 13.7 Å². The molecule has 3 N–H and O–H groups in total. The van der Waals surface area contributed by atoms with Gasteiger partial charge in [0.1, 0.15) is 28.1 Å². The standard InChI is InChI=1S/C40H50N4O7S2/c1-39(2,3)53(5)51-32(29-9-11-31(45)36-30(29)10-14-35(46)42-36)24-41-18-15-27-7-6-8-28(23-27)25-43-19-16-40(17-20-43)26-44(21-22-50-40)37(47)33-12-13-34(52-33)38(48)49-4/h6-14,23,32,41H,15-22,24-26H2,1-5H3,(H-,42,45,46,47,48)/p+1. The maximum atomic E-state index is 13.3. The second-order valence-electron chi connectivity index (χ2n) is 14.9. The summed E-state index contributed by atoms with van der Waals surface area (Å²) in [4.78, 5) is 45.3. The number of thiophene rings is 1. The first-order chi connectivity index (χ1) is 25.3. The van der Waals surface area contributed by atoms with E-state index >= 15 is 0 Å². The number of benzene rings is 2. The van der Waals surface area contributed by atoms with Crippen LogP contribution in [0.3, 0.4) is 0 Å². The molecule has 6 rings (SSSR count). The molecule has 0 radical (unpaired) electrons. The van der Waals surface area contributed by atoms with E-state index in [1.165, 1.54) is 35.6 Å². The lowest BCUT2D eigenvalue weighted by Crippen LogP contribution is -2.57. The number of rotatable bonds is 12. The molecule has 2 unspecified atom stereocenters. The predicted octanol–water partition coefficient (Wildman–Crippen LogP) is 5.44. The molecule has 2 saturated heterocycles. The second kappa shape index (κ2) is 16.7. The fourth-order valence-corrected chi connectivity index (χ4v) is 8.62.